The molecule has 0 fully saturated rings. The molecule has 1 aliphatic rings. The fourth-order valence-electron chi connectivity index (χ4n) is 4.40. The molecule has 0 saturated heterocycles. The van der Waals surface area contributed by atoms with Gasteiger partial charge in [-0.2, -0.15) is 4.39 Å². The van der Waals surface area contributed by atoms with Crippen LogP contribution in [-0.4, -0.2) is 39.6 Å². The van der Waals surface area contributed by atoms with Crippen molar-refractivity contribution in [3.8, 4) is 22.8 Å². The highest BCUT2D eigenvalue weighted by molar-refractivity contribution is 5.98. The molecule has 186 valence electrons. The van der Waals surface area contributed by atoms with Gasteiger partial charge in [-0.1, -0.05) is 18.2 Å². The van der Waals surface area contributed by atoms with E-state index in [1.54, 1.807) is 0 Å². The fraction of sp³-hybridized carbons (Fsp3) is 0.250. The minimum Gasteiger partial charge on any atom is -0.494 e. The van der Waals surface area contributed by atoms with Gasteiger partial charge < -0.3 is 19.4 Å². The number of rotatable bonds is 8. The van der Waals surface area contributed by atoms with E-state index in [2.05, 4.69) is 25.9 Å². The molecule has 36 heavy (non-hydrogen) atoms. The lowest BCUT2D eigenvalue weighted by Crippen LogP contribution is -2.09. The minimum absolute atomic E-state index is 0.00610. The molecule has 0 atom stereocenters. The number of ether oxygens (including phenoxy) is 2. The molecule has 1 aliphatic heterocycles. The van der Waals surface area contributed by atoms with Crippen LogP contribution in [0.25, 0.3) is 22.2 Å². The summed E-state index contributed by atoms with van der Waals surface area (Å²) in [7, 11) is 1.28. The van der Waals surface area contributed by atoms with Gasteiger partial charge in [-0.25, -0.2) is 18.7 Å². The van der Waals surface area contributed by atoms with Crippen molar-refractivity contribution in [2.24, 2.45) is 0 Å². The summed E-state index contributed by atoms with van der Waals surface area (Å²) in [5, 5.41) is 14.9. The highest BCUT2D eigenvalue weighted by Gasteiger charge is 2.23. The zero-order valence-corrected chi connectivity index (χ0v) is 19.0. The molecule has 9 nitrogen and oxygen atoms in total. The van der Waals surface area contributed by atoms with Crippen molar-refractivity contribution in [3.05, 3.63) is 64.2 Å². The lowest BCUT2D eigenvalue weighted by Gasteiger charge is -2.14. The van der Waals surface area contributed by atoms with E-state index in [-0.39, 0.29) is 28.8 Å². The number of hydrogen-bond donors (Lipinski definition) is 1. The maximum Gasteiger partial charge on any atom is 0.307 e. The van der Waals surface area contributed by atoms with Crippen molar-refractivity contribution in [1.82, 2.24) is 14.5 Å². The Balaban J connectivity index is 1.62. The topological polar surface area (TPSA) is 104 Å². The summed E-state index contributed by atoms with van der Waals surface area (Å²) in [5.74, 6) is -1.02. The summed E-state index contributed by atoms with van der Waals surface area (Å²) in [4.78, 5) is 19.0. The van der Waals surface area contributed by atoms with Crippen LogP contribution in [-0.2, 0) is 13.0 Å². The first-order chi connectivity index (χ1) is 17.4. The van der Waals surface area contributed by atoms with Gasteiger partial charge in [-0.15, -0.1) is 0 Å². The Labute approximate surface area is 202 Å². The number of nitro groups is 1. The maximum atomic E-state index is 14.1. The molecule has 0 bridgehead atoms. The Morgan fingerprint density at radius 1 is 1.28 bits per heavy atom. The number of benzene rings is 2. The molecule has 4 aromatic rings. The van der Waals surface area contributed by atoms with E-state index in [1.165, 1.54) is 18.9 Å². The van der Waals surface area contributed by atoms with Gasteiger partial charge in [0.15, 0.2) is 5.75 Å². The van der Waals surface area contributed by atoms with E-state index < -0.39 is 29.5 Å². The van der Waals surface area contributed by atoms with E-state index >= 15 is 0 Å². The molecule has 1 N–H and O–H groups in total. The van der Waals surface area contributed by atoms with Crippen molar-refractivity contribution >= 4 is 28.2 Å². The third-order valence-corrected chi connectivity index (χ3v) is 5.91. The van der Waals surface area contributed by atoms with Crippen LogP contribution >= 0.6 is 0 Å². The molecule has 2 aromatic heterocycles. The number of halogens is 3. The van der Waals surface area contributed by atoms with Gasteiger partial charge in [-0.05, 0) is 18.4 Å². The van der Waals surface area contributed by atoms with Gasteiger partial charge in [0.1, 0.15) is 18.1 Å². The van der Waals surface area contributed by atoms with Crippen LogP contribution in [0.5, 0.6) is 11.5 Å². The summed E-state index contributed by atoms with van der Waals surface area (Å²) in [5.41, 5.74) is 2.45. The highest BCUT2D eigenvalue weighted by atomic mass is 19.3. The van der Waals surface area contributed by atoms with Gasteiger partial charge in [0.05, 0.1) is 29.4 Å². The van der Waals surface area contributed by atoms with E-state index in [1.807, 2.05) is 18.3 Å². The summed E-state index contributed by atoms with van der Waals surface area (Å²) in [6, 6.07) is 7.76. The average Bonchev–Trinajstić information content (AvgIpc) is 3.24. The predicted octanol–water partition coefficient (Wildman–Crippen LogP) is 5.49. The molecule has 0 saturated carbocycles. The molecule has 2 aromatic carbocycles. The van der Waals surface area contributed by atoms with Crippen molar-refractivity contribution in [2.75, 3.05) is 19.0 Å². The third kappa shape index (κ3) is 4.25. The number of methoxy groups -OCH3 is 1. The molecule has 0 unspecified atom stereocenters. The Hall–Kier alpha value is -4.35. The number of nitro benzene ring substituents is 1. The van der Waals surface area contributed by atoms with E-state index in [0.29, 0.717) is 5.56 Å². The number of hydrogen-bond acceptors (Lipinski definition) is 7. The van der Waals surface area contributed by atoms with Crippen LogP contribution < -0.4 is 14.8 Å². The number of alkyl halides is 2. The number of aryl methyl sites for hydroxylation is 2. The number of aromatic nitrogens is 3. The molecule has 0 amide bonds. The molecule has 0 radical (unpaired) electrons. The van der Waals surface area contributed by atoms with Crippen LogP contribution in [0, 0.1) is 15.9 Å². The van der Waals surface area contributed by atoms with Crippen molar-refractivity contribution in [1.29, 1.82) is 0 Å². The summed E-state index contributed by atoms with van der Waals surface area (Å²) >= 11 is 0. The second-order valence-electron chi connectivity index (χ2n) is 8.15. The van der Waals surface area contributed by atoms with Crippen LogP contribution in [0.15, 0.2) is 42.7 Å². The van der Waals surface area contributed by atoms with Crippen molar-refractivity contribution < 1.29 is 27.6 Å². The van der Waals surface area contributed by atoms with Gasteiger partial charge in [0, 0.05) is 35.8 Å². The average molecular weight is 499 g/mol. The largest absolute Gasteiger partial charge is 0.494 e. The maximum absolute atomic E-state index is 14.1. The van der Waals surface area contributed by atoms with Crippen molar-refractivity contribution in [2.45, 2.75) is 25.8 Å². The summed E-state index contributed by atoms with van der Waals surface area (Å²) < 4.78 is 52.5. The molecule has 0 spiro atoms. The van der Waals surface area contributed by atoms with Crippen LogP contribution in [0.3, 0.4) is 0 Å². The second kappa shape index (κ2) is 9.36. The zero-order chi connectivity index (χ0) is 25.4. The number of para-hydroxylation sites is 1. The standard InChI is InChI=1S/C24H20F3N5O4/c1-35-19-8-16(25)18(32(33)34)9-17(19)29-24-28-10-20(36-12-21(26)27)22(30-24)15-11-31-7-3-5-13-4-2-6-14(15)23(13)31/h2,4,6,8-11,21H,3,5,7,12H2,1H3,(H,28,29,30). The number of nitrogens with one attached hydrogen (secondary N) is 1. The van der Waals surface area contributed by atoms with Gasteiger partial charge in [-0.3, -0.25) is 10.1 Å². The quantitative estimate of drug-likeness (QED) is 0.253. The van der Waals surface area contributed by atoms with Crippen LogP contribution in [0.1, 0.15) is 12.0 Å². The highest BCUT2D eigenvalue weighted by Crippen LogP contribution is 2.39. The first kappa shape index (κ1) is 23.4. The monoisotopic (exact) mass is 499 g/mol. The molecule has 0 aliphatic carbocycles. The second-order valence-corrected chi connectivity index (χ2v) is 8.15. The normalized spacial score (nSPS) is 12.7. The molecule has 3 heterocycles. The molecular formula is C24H20F3N5O4. The van der Waals surface area contributed by atoms with Crippen molar-refractivity contribution in [3.63, 3.8) is 0 Å². The SMILES string of the molecule is COc1cc(F)c([N+](=O)[O-])cc1Nc1ncc(OCC(F)F)c(-c2cn3c4c(cccc24)CCC3)n1. The van der Waals surface area contributed by atoms with Gasteiger partial charge in [0.25, 0.3) is 6.43 Å². The van der Waals surface area contributed by atoms with Crippen LogP contribution in [0.4, 0.5) is 30.5 Å². The summed E-state index contributed by atoms with van der Waals surface area (Å²) in [6.45, 7) is -0.0433. The third-order valence-electron chi connectivity index (χ3n) is 5.91. The molecule has 12 heteroatoms. The smallest absolute Gasteiger partial charge is 0.307 e. The first-order valence-corrected chi connectivity index (χ1v) is 11.0. The Morgan fingerprint density at radius 3 is 2.86 bits per heavy atom. The lowest BCUT2D eigenvalue weighted by atomic mass is 10.0. The van der Waals surface area contributed by atoms with Crippen LogP contribution in [0.2, 0.25) is 0 Å². The predicted molar refractivity (Wildman–Crippen MR) is 126 cm³/mol. The Bertz CT molecular complexity index is 1470. The van der Waals surface area contributed by atoms with E-state index in [4.69, 9.17) is 9.47 Å². The Morgan fingerprint density at radius 2 is 2.11 bits per heavy atom. The Kier molecular flexibility index (Phi) is 6.08. The van der Waals surface area contributed by atoms with Gasteiger partial charge >= 0.3 is 5.69 Å². The fourth-order valence-corrected chi connectivity index (χ4v) is 4.40. The number of anilines is 2. The first-order valence-electron chi connectivity index (χ1n) is 11.0. The molecule has 5 rings (SSSR count). The molecular weight excluding hydrogens is 479 g/mol. The zero-order valence-electron chi connectivity index (χ0n) is 19.0. The lowest BCUT2D eigenvalue weighted by molar-refractivity contribution is -0.387. The van der Waals surface area contributed by atoms with E-state index in [9.17, 15) is 23.3 Å². The van der Waals surface area contributed by atoms with E-state index in [0.717, 1.165) is 42.4 Å². The summed E-state index contributed by atoms with van der Waals surface area (Å²) in [6.07, 6.45) is 2.35. The number of nitrogens with zero attached hydrogens (tertiary/aromatic N) is 4. The minimum atomic E-state index is -2.70. The van der Waals surface area contributed by atoms with Gasteiger partial charge in [0.2, 0.25) is 11.8 Å².